The first-order valence-corrected chi connectivity index (χ1v) is 3.84. The molecule has 13 heavy (non-hydrogen) atoms. The van der Waals surface area contributed by atoms with E-state index in [1.807, 2.05) is 0 Å². The number of rotatable bonds is 6. The minimum Gasteiger partial charge on any atom is -0.512 e. The van der Waals surface area contributed by atoms with Crippen molar-refractivity contribution in [3.8, 4) is 0 Å². The largest absolute Gasteiger partial charge is 0.512 e. The summed E-state index contributed by atoms with van der Waals surface area (Å²) in [6.07, 6.45) is 5.68. The summed E-state index contributed by atoms with van der Waals surface area (Å²) in [6.45, 7) is 6.99. The molecule has 0 saturated carbocycles. The molecule has 0 amide bonds. The lowest BCUT2D eigenvalue weighted by atomic mass is 10.3. The molecule has 0 aromatic rings. The van der Waals surface area contributed by atoms with Gasteiger partial charge in [0.25, 0.3) is 0 Å². The van der Waals surface area contributed by atoms with Gasteiger partial charge in [0.2, 0.25) is 0 Å². The van der Waals surface area contributed by atoms with Gasteiger partial charge in [0.05, 0.1) is 0 Å². The highest BCUT2D eigenvalue weighted by atomic mass is 16.5. The van der Waals surface area contributed by atoms with Crippen LogP contribution in [-0.2, 0) is 4.74 Å². The molecule has 0 aliphatic carbocycles. The highest BCUT2D eigenvalue weighted by Crippen LogP contribution is 2.12. The highest BCUT2D eigenvalue weighted by Gasteiger charge is 2.00. The summed E-state index contributed by atoms with van der Waals surface area (Å²) in [6, 6.07) is 0. The third-order valence-electron chi connectivity index (χ3n) is 1.24. The Hall–Kier alpha value is -1.64. The van der Waals surface area contributed by atoms with E-state index < -0.39 is 0 Å². The van der Waals surface area contributed by atoms with Crippen molar-refractivity contribution in [3.05, 3.63) is 49.4 Å². The molecule has 0 aliphatic heterocycles. The van der Waals surface area contributed by atoms with E-state index in [-0.39, 0.29) is 0 Å². The number of hydrogen-bond acceptors (Lipinski definition) is 3. The Morgan fingerprint density at radius 1 is 1.00 bits per heavy atom. The first-order valence-electron chi connectivity index (χ1n) is 3.84. The van der Waals surface area contributed by atoms with Gasteiger partial charge in [-0.25, -0.2) is 0 Å². The molecule has 0 unspecified atom stereocenters. The van der Waals surface area contributed by atoms with Crippen LogP contribution in [0.25, 0.3) is 0 Å². The summed E-state index contributed by atoms with van der Waals surface area (Å²) >= 11 is 0. The molecule has 0 aromatic heterocycles. The zero-order valence-corrected chi connectivity index (χ0v) is 7.44. The summed E-state index contributed by atoms with van der Waals surface area (Å²) in [5, 5.41) is 17.4. The third-order valence-corrected chi connectivity index (χ3v) is 1.24. The predicted molar refractivity (Wildman–Crippen MR) is 52.1 cm³/mol. The van der Waals surface area contributed by atoms with Gasteiger partial charge in [0.15, 0.2) is 0 Å². The average molecular weight is 182 g/mol. The van der Waals surface area contributed by atoms with E-state index in [1.54, 1.807) is 12.2 Å². The van der Waals surface area contributed by atoms with E-state index in [1.165, 1.54) is 0 Å². The average Bonchev–Trinajstić information content (AvgIpc) is 2.16. The summed E-state index contributed by atoms with van der Waals surface area (Å²) in [5.41, 5.74) is 0. The molecule has 72 valence electrons. The van der Waals surface area contributed by atoms with Crippen molar-refractivity contribution in [2.24, 2.45) is 0 Å². The van der Waals surface area contributed by atoms with Crippen molar-refractivity contribution in [2.45, 2.75) is 12.8 Å². The molecular weight excluding hydrogens is 168 g/mol. The predicted octanol–water partition coefficient (Wildman–Crippen LogP) is 2.95. The first kappa shape index (κ1) is 11.4. The van der Waals surface area contributed by atoms with Crippen LogP contribution in [0.2, 0.25) is 0 Å². The fourth-order valence-corrected chi connectivity index (χ4v) is 0.694. The molecule has 3 heteroatoms. The standard InChI is InChI=1S/C10H14O3/c1-3-5-9(7-11)13-10(8-12)6-4-2/h3-4,7-8,11-12H,1-2,5-6H2. The van der Waals surface area contributed by atoms with Crippen LogP contribution in [0.3, 0.4) is 0 Å². The van der Waals surface area contributed by atoms with Crippen molar-refractivity contribution in [1.29, 1.82) is 0 Å². The molecule has 0 aromatic carbocycles. The molecule has 0 spiro atoms. The normalized spacial score (nSPS) is 12.3. The molecule has 0 atom stereocenters. The summed E-state index contributed by atoms with van der Waals surface area (Å²) in [7, 11) is 0. The monoisotopic (exact) mass is 182 g/mol. The van der Waals surface area contributed by atoms with Gasteiger partial charge < -0.3 is 14.9 Å². The first-order chi connectivity index (χ1) is 6.28. The van der Waals surface area contributed by atoms with E-state index in [4.69, 9.17) is 14.9 Å². The van der Waals surface area contributed by atoms with E-state index in [0.29, 0.717) is 24.4 Å². The van der Waals surface area contributed by atoms with Crippen LogP contribution in [-0.4, -0.2) is 10.2 Å². The number of ether oxygens (including phenoxy) is 1. The molecule has 3 nitrogen and oxygen atoms in total. The molecule has 0 aliphatic rings. The number of aliphatic hydroxyl groups excluding tert-OH is 2. The Balaban J connectivity index is 4.20. The number of allylic oxidation sites excluding steroid dienone is 2. The highest BCUT2D eigenvalue weighted by molar-refractivity contribution is 5.03. The maximum atomic E-state index is 8.70. The van der Waals surface area contributed by atoms with Crippen molar-refractivity contribution in [2.75, 3.05) is 0 Å². The fraction of sp³-hybridized carbons (Fsp3) is 0.200. The molecule has 2 N–H and O–H groups in total. The van der Waals surface area contributed by atoms with Crippen LogP contribution in [0.5, 0.6) is 0 Å². The van der Waals surface area contributed by atoms with E-state index >= 15 is 0 Å². The molecular formula is C10H14O3. The summed E-state index contributed by atoms with van der Waals surface area (Å²) in [4.78, 5) is 0. The van der Waals surface area contributed by atoms with Gasteiger partial charge in [-0.05, 0) is 0 Å². The lowest BCUT2D eigenvalue weighted by Crippen LogP contribution is -1.92. The third kappa shape index (κ3) is 4.74. The van der Waals surface area contributed by atoms with Crippen molar-refractivity contribution in [1.82, 2.24) is 0 Å². The number of aliphatic hydroxyl groups is 2. The van der Waals surface area contributed by atoms with Gasteiger partial charge in [-0.15, -0.1) is 13.2 Å². The Morgan fingerprint density at radius 2 is 1.38 bits per heavy atom. The zero-order valence-electron chi connectivity index (χ0n) is 7.44. The van der Waals surface area contributed by atoms with Crippen LogP contribution in [0, 0.1) is 0 Å². The quantitative estimate of drug-likeness (QED) is 0.490. The second-order valence-corrected chi connectivity index (χ2v) is 2.28. The van der Waals surface area contributed by atoms with Gasteiger partial charge in [0, 0.05) is 12.8 Å². The van der Waals surface area contributed by atoms with E-state index in [0.717, 1.165) is 12.5 Å². The van der Waals surface area contributed by atoms with Crippen molar-refractivity contribution in [3.63, 3.8) is 0 Å². The Labute approximate surface area is 78.0 Å². The molecule has 0 heterocycles. The second kappa shape index (κ2) is 7.03. The maximum Gasteiger partial charge on any atom is 0.142 e. The smallest absolute Gasteiger partial charge is 0.142 e. The lowest BCUT2D eigenvalue weighted by molar-refractivity contribution is 0.255. The van der Waals surface area contributed by atoms with Gasteiger partial charge in [-0.1, -0.05) is 12.2 Å². The SMILES string of the molecule is C=CCC(=CO)OC(=CO)CC=C. The zero-order chi connectivity index (χ0) is 10.1. The molecule has 0 saturated heterocycles. The van der Waals surface area contributed by atoms with Gasteiger partial charge in [0.1, 0.15) is 24.0 Å². The maximum absolute atomic E-state index is 8.70. The second-order valence-electron chi connectivity index (χ2n) is 2.28. The van der Waals surface area contributed by atoms with E-state index in [2.05, 4.69) is 13.2 Å². The van der Waals surface area contributed by atoms with Crippen LogP contribution in [0.4, 0.5) is 0 Å². The van der Waals surface area contributed by atoms with E-state index in [9.17, 15) is 0 Å². The molecule has 0 fully saturated rings. The Bertz CT molecular complexity index is 202. The van der Waals surface area contributed by atoms with Crippen LogP contribution >= 0.6 is 0 Å². The fourth-order valence-electron chi connectivity index (χ4n) is 0.694. The number of hydrogen-bond donors (Lipinski definition) is 2. The van der Waals surface area contributed by atoms with Crippen molar-refractivity contribution >= 4 is 0 Å². The van der Waals surface area contributed by atoms with Crippen molar-refractivity contribution < 1.29 is 14.9 Å². The van der Waals surface area contributed by atoms with Gasteiger partial charge in [-0.2, -0.15) is 0 Å². The molecule has 0 radical (unpaired) electrons. The minimum absolute atomic E-state index is 0.331. The van der Waals surface area contributed by atoms with Gasteiger partial charge in [-0.3, -0.25) is 0 Å². The van der Waals surface area contributed by atoms with Crippen LogP contribution in [0.1, 0.15) is 12.8 Å². The Kier molecular flexibility index (Phi) is 6.15. The summed E-state index contributed by atoms with van der Waals surface area (Å²) < 4.78 is 5.11. The van der Waals surface area contributed by atoms with Gasteiger partial charge >= 0.3 is 0 Å². The minimum atomic E-state index is 0.331. The molecule has 0 rings (SSSR count). The lowest BCUT2D eigenvalue weighted by Gasteiger charge is -2.07. The Morgan fingerprint density at radius 3 is 1.62 bits per heavy atom. The topological polar surface area (TPSA) is 49.7 Å². The summed E-state index contributed by atoms with van der Waals surface area (Å²) in [5.74, 6) is 0.661. The molecule has 0 bridgehead atoms. The van der Waals surface area contributed by atoms with Crippen LogP contribution in [0.15, 0.2) is 49.4 Å². The van der Waals surface area contributed by atoms with Crippen LogP contribution < -0.4 is 0 Å².